The summed E-state index contributed by atoms with van der Waals surface area (Å²) >= 11 is 0. The van der Waals surface area contributed by atoms with E-state index in [1.807, 2.05) is 13.2 Å². The smallest absolute Gasteiger partial charge is 0.157 e. The van der Waals surface area contributed by atoms with Crippen LogP contribution < -0.4 is 10.1 Å². The van der Waals surface area contributed by atoms with E-state index in [0.717, 1.165) is 18.7 Å². The molecule has 0 saturated heterocycles. The minimum absolute atomic E-state index is 0.193. The van der Waals surface area contributed by atoms with Gasteiger partial charge in [-0.2, -0.15) is 5.10 Å². The van der Waals surface area contributed by atoms with Gasteiger partial charge >= 0.3 is 0 Å². The van der Waals surface area contributed by atoms with Gasteiger partial charge in [-0.15, -0.1) is 0 Å². The molecule has 4 heteroatoms. The maximum atomic E-state index is 5.52. The van der Waals surface area contributed by atoms with Crippen molar-refractivity contribution >= 4 is 0 Å². The zero-order valence-electron chi connectivity index (χ0n) is 10.1. The van der Waals surface area contributed by atoms with Crippen LogP contribution in [0.4, 0.5) is 0 Å². The number of hydrogen-bond acceptors (Lipinski definition) is 3. The molecular formula is C11H21N3O. The number of aromatic nitrogens is 2. The van der Waals surface area contributed by atoms with Crippen LogP contribution in [0.5, 0.6) is 5.75 Å². The van der Waals surface area contributed by atoms with Crippen molar-refractivity contribution < 1.29 is 4.74 Å². The van der Waals surface area contributed by atoms with Gasteiger partial charge < -0.3 is 10.1 Å². The van der Waals surface area contributed by atoms with Crippen molar-refractivity contribution in [2.45, 2.75) is 32.7 Å². The summed E-state index contributed by atoms with van der Waals surface area (Å²) in [6.07, 6.45) is 4.70. The highest BCUT2D eigenvalue weighted by atomic mass is 16.5. The third-order valence-electron chi connectivity index (χ3n) is 2.54. The number of aryl methyl sites for hydroxylation is 1. The van der Waals surface area contributed by atoms with Gasteiger partial charge in [-0.3, -0.25) is 4.68 Å². The fraction of sp³-hybridized carbons (Fsp3) is 0.727. The van der Waals surface area contributed by atoms with Crippen LogP contribution in [0.25, 0.3) is 0 Å². The van der Waals surface area contributed by atoms with Gasteiger partial charge in [0.1, 0.15) is 6.61 Å². The lowest BCUT2D eigenvalue weighted by molar-refractivity contribution is 0.280. The molecule has 1 N–H and O–H groups in total. The Labute approximate surface area is 91.6 Å². The first-order chi connectivity index (χ1) is 7.03. The molecule has 15 heavy (non-hydrogen) atoms. The van der Waals surface area contributed by atoms with Crippen LogP contribution in [0.1, 0.15) is 27.2 Å². The van der Waals surface area contributed by atoms with Crippen molar-refractivity contribution in [1.82, 2.24) is 15.1 Å². The molecule has 0 unspecified atom stereocenters. The van der Waals surface area contributed by atoms with Crippen molar-refractivity contribution in [3.05, 3.63) is 12.4 Å². The van der Waals surface area contributed by atoms with Gasteiger partial charge in [0.15, 0.2) is 5.75 Å². The average molecular weight is 211 g/mol. The van der Waals surface area contributed by atoms with Gasteiger partial charge in [0.2, 0.25) is 0 Å². The van der Waals surface area contributed by atoms with E-state index in [1.54, 1.807) is 10.9 Å². The fourth-order valence-corrected chi connectivity index (χ4v) is 1.16. The van der Waals surface area contributed by atoms with E-state index in [4.69, 9.17) is 4.74 Å². The first kappa shape index (κ1) is 12.0. The molecular weight excluding hydrogens is 190 g/mol. The summed E-state index contributed by atoms with van der Waals surface area (Å²) < 4.78 is 7.26. The molecule has 4 nitrogen and oxygen atoms in total. The van der Waals surface area contributed by atoms with Crippen LogP contribution in [0.15, 0.2) is 12.4 Å². The van der Waals surface area contributed by atoms with E-state index in [2.05, 4.69) is 31.2 Å². The third-order valence-corrected chi connectivity index (χ3v) is 2.54. The third kappa shape index (κ3) is 4.34. The summed E-state index contributed by atoms with van der Waals surface area (Å²) in [5, 5.41) is 7.47. The highest BCUT2D eigenvalue weighted by Crippen LogP contribution is 2.08. The molecule has 0 aliphatic heterocycles. The number of rotatable bonds is 6. The Balaban J connectivity index is 2.17. The van der Waals surface area contributed by atoms with Crippen molar-refractivity contribution in [2.24, 2.45) is 7.05 Å². The Bertz CT molecular complexity index is 294. The number of nitrogens with one attached hydrogen (secondary N) is 1. The normalized spacial score (nSPS) is 11.7. The lowest BCUT2D eigenvalue weighted by Crippen LogP contribution is -2.40. The second-order valence-corrected chi connectivity index (χ2v) is 4.36. The van der Waals surface area contributed by atoms with E-state index >= 15 is 0 Å². The van der Waals surface area contributed by atoms with E-state index < -0.39 is 0 Å². The maximum Gasteiger partial charge on any atom is 0.157 e. The molecule has 1 rings (SSSR count). The minimum Gasteiger partial charge on any atom is -0.489 e. The number of ether oxygens (including phenoxy) is 1. The maximum absolute atomic E-state index is 5.52. The van der Waals surface area contributed by atoms with Crippen LogP contribution in [0, 0.1) is 0 Å². The molecule has 0 aromatic carbocycles. The molecule has 0 aliphatic carbocycles. The van der Waals surface area contributed by atoms with Gasteiger partial charge in [0.05, 0.1) is 12.4 Å². The second-order valence-electron chi connectivity index (χ2n) is 4.36. The summed E-state index contributed by atoms with van der Waals surface area (Å²) in [5.74, 6) is 0.827. The molecule has 0 radical (unpaired) electrons. The van der Waals surface area contributed by atoms with Gasteiger partial charge in [-0.1, -0.05) is 6.92 Å². The van der Waals surface area contributed by atoms with Gasteiger partial charge in [-0.25, -0.2) is 0 Å². The quantitative estimate of drug-likeness (QED) is 0.726. The topological polar surface area (TPSA) is 39.1 Å². The van der Waals surface area contributed by atoms with Crippen molar-refractivity contribution in [2.75, 3.05) is 13.2 Å². The van der Waals surface area contributed by atoms with Gasteiger partial charge in [-0.05, 0) is 20.3 Å². The summed E-state index contributed by atoms with van der Waals surface area (Å²) in [6.45, 7) is 8.09. The average Bonchev–Trinajstić information content (AvgIpc) is 2.59. The fourth-order valence-electron chi connectivity index (χ4n) is 1.16. The first-order valence-corrected chi connectivity index (χ1v) is 5.40. The first-order valence-electron chi connectivity index (χ1n) is 5.40. The number of hydrogen-bond donors (Lipinski definition) is 1. The van der Waals surface area contributed by atoms with Crippen LogP contribution in [-0.2, 0) is 7.05 Å². The zero-order valence-corrected chi connectivity index (χ0v) is 10.1. The lowest BCUT2D eigenvalue weighted by Gasteiger charge is -2.24. The Morgan fingerprint density at radius 2 is 2.27 bits per heavy atom. The molecule has 0 amide bonds. The van der Waals surface area contributed by atoms with Crippen LogP contribution in [-0.4, -0.2) is 28.5 Å². The Morgan fingerprint density at radius 3 is 2.80 bits per heavy atom. The largest absolute Gasteiger partial charge is 0.489 e. The SMILES string of the molecule is CCC(C)(C)NCCOc1cnn(C)c1. The van der Waals surface area contributed by atoms with Crippen LogP contribution in [0.3, 0.4) is 0 Å². The van der Waals surface area contributed by atoms with E-state index in [0.29, 0.717) is 6.61 Å². The standard InChI is InChI=1S/C11H21N3O/c1-5-11(2,3)12-6-7-15-10-8-13-14(4)9-10/h8-9,12H,5-7H2,1-4H3. The molecule has 0 aliphatic rings. The Kier molecular flexibility index (Phi) is 4.15. The molecule has 1 aromatic rings. The van der Waals surface area contributed by atoms with E-state index in [-0.39, 0.29) is 5.54 Å². The predicted molar refractivity (Wildman–Crippen MR) is 61.1 cm³/mol. The predicted octanol–water partition coefficient (Wildman–Crippen LogP) is 1.58. The summed E-state index contributed by atoms with van der Waals surface area (Å²) in [7, 11) is 1.88. The molecule has 0 fully saturated rings. The summed E-state index contributed by atoms with van der Waals surface area (Å²) in [6, 6.07) is 0. The Morgan fingerprint density at radius 1 is 1.53 bits per heavy atom. The minimum atomic E-state index is 0.193. The zero-order chi connectivity index (χ0) is 11.3. The van der Waals surface area contributed by atoms with Crippen molar-refractivity contribution in [3.8, 4) is 5.75 Å². The highest BCUT2D eigenvalue weighted by Gasteiger charge is 2.12. The molecule has 0 saturated carbocycles. The molecule has 1 heterocycles. The highest BCUT2D eigenvalue weighted by molar-refractivity contribution is 5.11. The van der Waals surface area contributed by atoms with Crippen molar-refractivity contribution in [1.29, 1.82) is 0 Å². The Hall–Kier alpha value is -1.03. The van der Waals surface area contributed by atoms with Crippen LogP contribution >= 0.6 is 0 Å². The summed E-state index contributed by atoms with van der Waals surface area (Å²) in [4.78, 5) is 0. The lowest BCUT2D eigenvalue weighted by atomic mass is 10.0. The molecule has 86 valence electrons. The van der Waals surface area contributed by atoms with Crippen molar-refractivity contribution in [3.63, 3.8) is 0 Å². The van der Waals surface area contributed by atoms with Gasteiger partial charge in [0, 0.05) is 19.1 Å². The van der Waals surface area contributed by atoms with E-state index in [1.165, 1.54) is 0 Å². The second kappa shape index (κ2) is 5.16. The molecule has 0 spiro atoms. The molecule has 1 aromatic heterocycles. The van der Waals surface area contributed by atoms with Crippen LogP contribution in [0.2, 0.25) is 0 Å². The molecule has 0 bridgehead atoms. The number of nitrogens with zero attached hydrogens (tertiary/aromatic N) is 2. The monoisotopic (exact) mass is 211 g/mol. The summed E-state index contributed by atoms with van der Waals surface area (Å²) in [5.41, 5.74) is 0.193. The molecule has 0 atom stereocenters. The van der Waals surface area contributed by atoms with E-state index in [9.17, 15) is 0 Å². The van der Waals surface area contributed by atoms with Gasteiger partial charge in [0.25, 0.3) is 0 Å².